The van der Waals surface area contributed by atoms with E-state index >= 15 is 0 Å². The number of piperazine rings is 1. The Morgan fingerprint density at radius 2 is 1.74 bits per heavy atom. The van der Waals surface area contributed by atoms with Crippen molar-refractivity contribution in [1.29, 1.82) is 0 Å². The molecule has 3 heterocycles. The first kappa shape index (κ1) is 23.3. The Labute approximate surface area is 200 Å². The Kier molecular flexibility index (Phi) is 6.35. The third kappa shape index (κ3) is 4.10. The normalized spacial score (nSPS) is 28.9. The smallest absolute Gasteiger partial charge is 0.252 e. The van der Waals surface area contributed by atoms with E-state index in [0.29, 0.717) is 24.9 Å². The third-order valence-corrected chi connectivity index (χ3v) is 8.03. The highest BCUT2D eigenvalue weighted by Gasteiger charge is 2.56. The number of ketones is 1. The van der Waals surface area contributed by atoms with Crippen LogP contribution in [0.3, 0.4) is 0 Å². The maximum atomic E-state index is 13.8. The largest absolute Gasteiger partial charge is 0.369 e. The van der Waals surface area contributed by atoms with Gasteiger partial charge in [-0.05, 0) is 51.2 Å². The number of fused-ring (bicyclic) bond motifs is 1. The first-order valence-corrected chi connectivity index (χ1v) is 12.4. The molecular weight excluding hydrogens is 434 g/mol. The van der Waals surface area contributed by atoms with Crippen LogP contribution in [-0.2, 0) is 14.3 Å². The van der Waals surface area contributed by atoms with Crippen LogP contribution < -0.4 is 15.5 Å². The number of likely N-dealkylation sites (tertiary alicyclic amines) is 1. The minimum Gasteiger partial charge on any atom is -0.369 e. The molecule has 0 unspecified atom stereocenters. The summed E-state index contributed by atoms with van der Waals surface area (Å²) in [6, 6.07) is 7.00. The van der Waals surface area contributed by atoms with E-state index in [-0.39, 0.29) is 36.4 Å². The summed E-state index contributed by atoms with van der Waals surface area (Å²) in [6.45, 7) is 4.42. The van der Waals surface area contributed by atoms with Crippen molar-refractivity contribution in [2.45, 2.75) is 49.4 Å². The second kappa shape index (κ2) is 9.28. The third-order valence-electron chi connectivity index (χ3n) is 8.03. The van der Waals surface area contributed by atoms with Crippen molar-refractivity contribution in [1.82, 2.24) is 20.4 Å². The molecule has 9 heteroatoms. The summed E-state index contributed by atoms with van der Waals surface area (Å²) >= 11 is 0. The number of Topliss-reactive ketones (excluding diaryl/α,β-unsaturated/α-hetero) is 1. The first-order chi connectivity index (χ1) is 16.4. The summed E-state index contributed by atoms with van der Waals surface area (Å²) in [4.78, 5) is 45.9. The van der Waals surface area contributed by atoms with Gasteiger partial charge in [0.25, 0.3) is 5.91 Å². The van der Waals surface area contributed by atoms with Gasteiger partial charge in [0.05, 0.1) is 6.04 Å². The molecule has 2 N–H and O–H groups in total. The number of likely N-dealkylation sites (N-methyl/N-ethyl adjacent to an activating group) is 2. The van der Waals surface area contributed by atoms with Crippen molar-refractivity contribution in [2.24, 2.45) is 0 Å². The van der Waals surface area contributed by atoms with Crippen molar-refractivity contribution in [3.8, 4) is 0 Å². The van der Waals surface area contributed by atoms with E-state index in [2.05, 4.69) is 27.5 Å². The first-order valence-electron chi connectivity index (χ1n) is 12.4. The molecule has 3 aliphatic heterocycles. The molecule has 0 radical (unpaired) electrons. The fourth-order valence-electron chi connectivity index (χ4n) is 5.94. The van der Waals surface area contributed by atoms with Gasteiger partial charge >= 0.3 is 0 Å². The van der Waals surface area contributed by atoms with Crippen LogP contribution in [0.5, 0.6) is 0 Å². The van der Waals surface area contributed by atoms with E-state index in [1.807, 2.05) is 31.3 Å². The van der Waals surface area contributed by atoms with Gasteiger partial charge < -0.3 is 30.1 Å². The van der Waals surface area contributed by atoms with Crippen molar-refractivity contribution in [3.05, 3.63) is 29.8 Å². The van der Waals surface area contributed by atoms with E-state index in [4.69, 9.17) is 4.74 Å². The lowest BCUT2D eigenvalue weighted by atomic mass is 9.93. The van der Waals surface area contributed by atoms with Gasteiger partial charge in [0.2, 0.25) is 5.91 Å². The van der Waals surface area contributed by atoms with Gasteiger partial charge in [-0.15, -0.1) is 0 Å². The molecule has 0 bridgehead atoms. The number of amides is 2. The van der Waals surface area contributed by atoms with Crippen LogP contribution in [0, 0.1) is 0 Å². The number of anilines is 1. The van der Waals surface area contributed by atoms with Crippen LogP contribution >= 0.6 is 0 Å². The number of benzene rings is 1. The highest BCUT2D eigenvalue weighted by molar-refractivity contribution is 6.01. The minimum atomic E-state index is -0.969. The van der Waals surface area contributed by atoms with E-state index in [1.165, 1.54) is 0 Å². The summed E-state index contributed by atoms with van der Waals surface area (Å²) in [7, 11) is 3.95. The average Bonchev–Trinajstić information content (AvgIpc) is 3.57. The summed E-state index contributed by atoms with van der Waals surface area (Å²) < 4.78 is 5.69. The predicted molar refractivity (Wildman–Crippen MR) is 128 cm³/mol. The van der Waals surface area contributed by atoms with Crippen molar-refractivity contribution >= 4 is 23.3 Å². The Hall–Kier alpha value is -2.49. The predicted octanol–water partition coefficient (Wildman–Crippen LogP) is 0.248. The van der Waals surface area contributed by atoms with E-state index < -0.39 is 11.6 Å². The molecule has 5 rings (SSSR count). The lowest BCUT2D eigenvalue weighted by Gasteiger charge is -2.35. The maximum Gasteiger partial charge on any atom is 0.252 e. The van der Waals surface area contributed by atoms with Gasteiger partial charge in [-0.2, -0.15) is 0 Å². The molecule has 1 aromatic rings. The number of carbonyl (C=O) groups excluding carboxylic acids is 3. The zero-order valence-corrected chi connectivity index (χ0v) is 20.1. The molecule has 1 aliphatic carbocycles. The molecule has 4 aliphatic rings. The molecular formula is C25H35N5O4. The van der Waals surface area contributed by atoms with Gasteiger partial charge in [-0.1, -0.05) is 12.8 Å². The molecule has 9 nitrogen and oxygen atoms in total. The van der Waals surface area contributed by atoms with Crippen molar-refractivity contribution < 1.29 is 19.1 Å². The molecule has 1 aromatic carbocycles. The molecule has 3 saturated heterocycles. The van der Waals surface area contributed by atoms with Gasteiger partial charge in [0.15, 0.2) is 5.78 Å². The number of ether oxygens (including phenoxy) is 1. The Morgan fingerprint density at radius 1 is 1.06 bits per heavy atom. The van der Waals surface area contributed by atoms with Crippen LogP contribution in [0.2, 0.25) is 0 Å². The van der Waals surface area contributed by atoms with Crippen LogP contribution in [-0.4, -0.2) is 105 Å². The van der Waals surface area contributed by atoms with Gasteiger partial charge in [-0.3, -0.25) is 14.4 Å². The highest BCUT2D eigenvalue weighted by atomic mass is 16.5. The quantitative estimate of drug-likeness (QED) is 0.638. The Balaban J connectivity index is 1.31. The van der Waals surface area contributed by atoms with Crippen molar-refractivity contribution in [3.63, 3.8) is 0 Å². The standard InChI is InChI=1S/C25H35N5O4/c1-26-19-15-30(21-20(31)16-34-22(19)21)24(33)25(9-3-4-10-25)27-23(32)17-5-7-18(8-6-17)29-13-11-28(2)12-14-29/h5-8,19,21-22,26H,3-4,9-16H2,1-2H3,(H,27,32)/t19-,21+,22+/m0/s1. The molecule has 0 aromatic heterocycles. The number of carbonyl (C=O) groups is 3. The molecule has 4 fully saturated rings. The number of nitrogens with one attached hydrogen (secondary N) is 2. The van der Waals surface area contributed by atoms with Gasteiger partial charge in [-0.25, -0.2) is 0 Å². The zero-order chi connectivity index (χ0) is 23.9. The highest BCUT2D eigenvalue weighted by Crippen LogP contribution is 2.36. The van der Waals surface area contributed by atoms with Crippen molar-refractivity contribution in [2.75, 3.05) is 58.3 Å². The van der Waals surface area contributed by atoms with Crippen LogP contribution in [0.1, 0.15) is 36.0 Å². The number of hydrogen-bond donors (Lipinski definition) is 2. The fourth-order valence-corrected chi connectivity index (χ4v) is 5.94. The van der Waals surface area contributed by atoms with Crippen LogP contribution in [0.4, 0.5) is 5.69 Å². The second-order valence-electron chi connectivity index (χ2n) is 10.1. The van der Waals surface area contributed by atoms with Gasteiger partial charge in [0.1, 0.15) is 24.3 Å². The fraction of sp³-hybridized carbons (Fsp3) is 0.640. The minimum absolute atomic E-state index is 0.0380. The van der Waals surface area contributed by atoms with Crippen LogP contribution in [0.15, 0.2) is 24.3 Å². The number of nitrogens with zero attached hydrogens (tertiary/aromatic N) is 3. The van der Waals surface area contributed by atoms with E-state index in [0.717, 1.165) is 44.7 Å². The second-order valence-corrected chi connectivity index (χ2v) is 10.1. The number of rotatable bonds is 5. The Bertz CT molecular complexity index is 937. The van der Waals surface area contributed by atoms with E-state index in [1.54, 1.807) is 4.90 Å². The summed E-state index contributed by atoms with van der Waals surface area (Å²) in [5.74, 6) is -0.454. The summed E-state index contributed by atoms with van der Waals surface area (Å²) in [5.41, 5.74) is 0.686. The molecule has 2 amide bonds. The topological polar surface area (TPSA) is 94.2 Å². The SMILES string of the molecule is CN[C@H]1CN(C(=O)C2(NC(=O)c3ccc(N4CCN(C)CC4)cc3)CCCC2)[C@@H]2C(=O)CO[C@H]12. The molecule has 3 atom stereocenters. The van der Waals surface area contributed by atoms with Crippen LogP contribution in [0.25, 0.3) is 0 Å². The Morgan fingerprint density at radius 3 is 2.38 bits per heavy atom. The lowest BCUT2D eigenvalue weighted by Crippen LogP contribution is -2.60. The maximum absolute atomic E-state index is 13.8. The molecule has 184 valence electrons. The molecule has 34 heavy (non-hydrogen) atoms. The van der Waals surface area contributed by atoms with Gasteiger partial charge in [0, 0.05) is 44.0 Å². The summed E-state index contributed by atoms with van der Waals surface area (Å²) in [6.07, 6.45) is 2.60. The van der Waals surface area contributed by atoms with E-state index in [9.17, 15) is 14.4 Å². The zero-order valence-electron chi connectivity index (χ0n) is 20.1. The summed E-state index contributed by atoms with van der Waals surface area (Å²) in [5, 5.41) is 6.27. The average molecular weight is 470 g/mol. The number of hydrogen-bond acceptors (Lipinski definition) is 7. The monoisotopic (exact) mass is 469 g/mol. The molecule has 0 spiro atoms. The lowest BCUT2D eigenvalue weighted by molar-refractivity contribution is -0.142. The molecule has 1 saturated carbocycles.